The number of hydrogen-bond acceptors (Lipinski definition) is 3. The summed E-state index contributed by atoms with van der Waals surface area (Å²) in [6, 6.07) is 0. The molecule has 4 heteroatoms. The minimum Gasteiger partial charge on any atom is -0.351 e. The van der Waals surface area contributed by atoms with Crippen molar-refractivity contribution in [2.75, 3.05) is 14.1 Å². The van der Waals surface area contributed by atoms with Crippen LogP contribution in [0, 0.1) is 0 Å². The van der Waals surface area contributed by atoms with E-state index >= 15 is 0 Å². The molecule has 3 N–H and O–H groups in total. The third kappa shape index (κ3) is 15.6. The minimum absolute atomic E-state index is 0. The molecule has 0 aliphatic carbocycles. The van der Waals surface area contributed by atoms with Gasteiger partial charge in [-0.15, -0.1) is 0 Å². The summed E-state index contributed by atoms with van der Waals surface area (Å²) in [6.07, 6.45) is 1.64. The molecule has 10 heavy (non-hydrogen) atoms. The maximum Gasteiger partial charge on any atom is 0.348 e. The zero-order chi connectivity index (χ0) is 7.70. The highest BCUT2D eigenvalue weighted by molar-refractivity contribution is 6.80. The van der Waals surface area contributed by atoms with E-state index in [1.54, 1.807) is 20.2 Å². The lowest BCUT2D eigenvalue weighted by molar-refractivity contribution is 1.21. The van der Waals surface area contributed by atoms with E-state index in [4.69, 9.17) is 5.64 Å². The Bertz CT molecular complexity index is 66.0. The number of nitrogens with zero attached hydrogens (tertiary/aromatic N) is 1. The summed E-state index contributed by atoms with van der Waals surface area (Å²) in [5, 5.41) is 2.79. The van der Waals surface area contributed by atoms with Crippen molar-refractivity contribution in [3.05, 3.63) is 0 Å². The SMILES string of the molecule is C.CC.CN=CB(N)NC. The molecule has 0 aliphatic heterocycles. The molecular weight excluding hydrogens is 125 g/mol. The van der Waals surface area contributed by atoms with E-state index in [1.165, 1.54) is 0 Å². The Morgan fingerprint density at radius 3 is 2.00 bits per heavy atom. The summed E-state index contributed by atoms with van der Waals surface area (Å²) < 4.78 is 0. The van der Waals surface area contributed by atoms with Gasteiger partial charge < -0.3 is 15.9 Å². The van der Waals surface area contributed by atoms with Gasteiger partial charge in [0, 0.05) is 13.2 Å². The van der Waals surface area contributed by atoms with Gasteiger partial charge in [0.1, 0.15) is 0 Å². The molecule has 0 saturated heterocycles. The zero-order valence-corrected chi connectivity index (χ0v) is 6.68. The molecule has 0 heterocycles. The van der Waals surface area contributed by atoms with Gasteiger partial charge in [-0.05, 0) is 7.05 Å². The topological polar surface area (TPSA) is 50.4 Å². The second kappa shape index (κ2) is 15.9. The van der Waals surface area contributed by atoms with Crippen molar-refractivity contribution < 1.29 is 0 Å². The largest absolute Gasteiger partial charge is 0.351 e. The van der Waals surface area contributed by atoms with Crippen LogP contribution in [0.15, 0.2) is 4.99 Å². The van der Waals surface area contributed by atoms with Gasteiger partial charge in [0.05, 0.1) is 0 Å². The smallest absolute Gasteiger partial charge is 0.348 e. The first-order valence-corrected chi connectivity index (χ1v) is 3.16. The number of nitrogens with two attached hydrogens (primary N) is 1. The van der Waals surface area contributed by atoms with Gasteiger partial charge in [-0.3, -0.25) is 0 Å². The van der Waals surface area contributed by atoms with Gasteiger partial charge in [-0.1, -0.05) is 21.3 Å². The van der Waals surface area contributed by atoms with E-state index in [-0.39, 0.29) is 14.4 Å². The van der Waals surface area contributed by atoms with Crippen LogP contribution in [0.25, 0.3) is 0 Å². The molecule has 0 bridgehead atoms. The maximum absolute atomic E-state index is 5.32. The molecule has 0 amide bonds. The standard InChI is InChI=1S/C3H10BN3.C2H6.CH4/c1-6-3-4(5)7-2;1-2;/h3,7H,5H2,1-2H3;1-2H3;1H4. The molecule has 0 aliphatic rings. The van der Waals surface area contributed by atoms with Crippen LogP contribution in [-0.2, 0) is 0 Å². The fourth-order valence-corrected chi connectivity index (χ4v) is 0.235. The lowest BCUT2D eigenvalue weighted by Crippen LogP contribution is -2.42. The predicted molar refractivity (Wildman–Crippen MR) is 51.5 cm³/mol. The molecule has 0 spiro atoms. The van der Waals surface area contributed by atoms with Gasteiger partial charge in [0.25, 0.3) is 0 Å². The Hall–Kier alpha value is -0.345. The highest BCUT2D eigenvalue weighted by Crippen LogP contribution is 1.52. The molecule has 0 fully saturated rings. The molecule has 0 rings (SSSR count). The van der Waals surface area contributed by atoms with Crippen molar-refractivity contribution in [2.24, 2.45) is 10.6 Å². The Balaban J connectivity index is -0.000000149. The van der Waals surface area contributed by atoms with Crippen molar-refractivity contribution in [1.29, 1.82) is 0 Å². The zero-order valence-electron chi connectivity index (χ0n) is 6.68. The Morgan fingerprint density at radius 1 is 1.50 bits per heavy atom. The quantitative estimate of drug-likeness (QED) is 0.440. The molecule has 0 unspecified atom stereocenters. The number of nitrogens with one attached hydrogen (secondary N) is 1. The summed E-state index contributed by atoms with van der Waals surface area (Å²) in [5.74, 6) is 0. The molecule has 0 atom stereocenters. The van der Waals surface area contributed by atoms with Crippen LogP contribution in [0.5, 0.6) is 0 Å². The summed E-state index contributed by atoms with van der Waals surface area (Å²) in [6.45, 7) is 3.91. The summed E-state index contributed by atoms with van der Waals surface area (Å²) in [5.41, 5.74) is 5.32. The normalized spacial score (nSPS) is 7.70. The number of hydrogen-bond donors (Lipinski definition) is 2. The monoisotopic (exact) mass is 145 g/mol. The molecule has 62 valence electrons. The van der Waals surface area contributed by atoms with Gasteiger partial charge in [-0.25, -0.2) is 0 Å². The highest BCUT2D eigenvalue weighted by atomic mass is 14.8. The fourth-order valence-electron chi connectivity index (χ4n) is 0.235. The molecule has 0 saturated carbocycles. The second-order valence-corrected chi connectivity index (χ2v) is 1.22. The molecule has 0 aromatic rings. The van der Waals surface area contributed by atoms with Crippen LogP contribution in [0.3, 0.4) is 0 Å². The van der Waals surface area contributed by atoms with Crippen molar-refractivity contribution in [3.8, 4) is 0 Å². The van der Waals surface area contributed by atoms with Gasteiger partial charge in [-0.2, -0.15) is 0 Å². The van der Waals surface area contributed by atoms with Crippen molar-refractivity contribution in [3.63, 3.8) is 0 Å². The van der Waals surface area contributed by atoms with E-state index in [9.17, 15) is 0 Å². The van der Waals surface area contributed by atoms with Gasteiger partial charge in [0.2, 0.25) is 0 Å². The van der Waals surface area contributed by atoms with Crippen molar-refractivity contribution >= 4 is 13.1 Å². The lowest BCUT2D eigenvalue weighted by atomic mass is 9.82. The first kappa shape index (κ1) is 16.3. The van der Waals surface area contributed by atoms with Crippen LogP contribution in [-0.4, -0.2) is 27.2 Å². The summed E-state index contributed by atoms with van der Waals surface area (Å²) >= 11 is 0. The molecule has 3 nitrogen and oxygen atoms in total. The van der Waals surface area contributed by atoms with E-state index in [1.807, 2.05) is 13.8 Å². The van der Waals surface area contributed by atoms with E-state index in [0.717, 1.165) is 0 Å². The first-order chi connectivity index (χ1) is 4.31. The van der Waals surface area contributed by atoms with Crippen LogP contribution in [0.1, 0.15) is 21.3 Å². The van der Waals surface area contributed by atoms with Crippen LogP contribution in [0.2, 0.25) is 0 Å². The Kier molecular flexibility index (Phi) is 25.9. The Labute approximate surface area is 65.2 Å². The van der Waals surface area contributed by atoms with Crippen molar-refractivity contribution in [2.45, 2.75) is 21.3 Å². The number of rotatable bonds is 2. The fraction of sp³-hybridized carbons (Fsp3) is 0.833. The van der Waals surface area contributed by atoms with Crippen LogP contribution < -0.4 is 10.9 Å². The maximum atomic E-state index is 5.32. The first-order valence-electron chi connectivity index (χ1n) is 3.16. The average Bonchev–Trinajstić information content (AvgIpc) is 1.93. The number of aliphatic imine (C=N–C) groups is 1. The summed E-state index contributed by atoms with van der Waals surface area (Å²) in [4.78, 5) is 3.69. The van der Waals surface area contributed by atoms with E-state index in [0.29, 0.717) is 0 Å². The lowest BCUT2D eigenvalue weighted by Gasteiger charge is -1.92. The molecular formula is C6H20BN3. The minimum atomic E-state index is -0.0926. The molecule has 0 aromatic carbocycles. The van der Waals surface area contributed by atoms with E-state index in [2.05, 4.69) is 10.2 Å². The van der Waals surface area contributed by atoms with Gasteiger partial charge >= 0.3 is 6.98 Å². The van der Waals surface area contributed by atoms with E-state index < -0.39 is 0 Å². The van der Waals surface area contributed by atoms with Gasteiger partial charge in [0.15, 0.2) is 0 Å². The van der Waals surface area contributed by atoms with Crippen LogP contribution in [0.4, 0.5) is 0 Å². The summed E-state index contributed by atoms with van der Waals surface area (Å²) in [7, 11) is 3.48. The molecule has 0 radical (unpaired) electrons. The molecule has 0 aromatic heterocycles. The third-order valence-corrected chi connectivity index (χ3v) is 0.643. The average molecular weight is 145 g/mol. The Morgan fingerprint density at radius 2 is 1.90 bits per heavy atom. The highest BCUT2D eigenvalue weighted by Gasteiger charge is 1.95. The predicted octanol–water partition coefficient (Wildman–Crippen LogP) is 0.555. The van der Waals surface area contributed by atoms with Crippen LogP contribution >= 0.6 is 0 Å². The second-order valence-electron chi connectivity index (χ2n) is 1.22. The third-order valence-electron chi connectivity index (χ3n) is 0.643. The van der Waals surface area contributed by atoms with Crippen molar-refractivity contribution in [1.82, 2.24) is 5.23 Å².